The Morgan fingerprint density at radius 1 is 1.16 bits per heavy atom. The van der Waals surface area contributed by atoms with Crippen molar-refractivity contribution in [3.63, 3.8) is 0 Å². The number of benzene rings is 1. The molecule has 2 heterocycles. The molecule has 0 aliphatic rings. The predicted molar refractivity (Wildman–Crippen MR) is 134 cm³/mol. The topological polar surface area (TPSA) is 162 Å². The molecule has 0 bridgehead atoms. The molecule has 10 nitrogen and oxygen atoms in total. The van der Waals surface area contributed by atoms with E-state index in [0.29, 0.717) is 17.7 Å². The fraction of sp³-hybridized carbons (Fsp3) is 0.120. The third-order valence-corrected chi connectivity index (χ3v) is 6.13. The van der Waals surface area contributed by atoms with Gasteiger partial charge in [-0.15, -0.1) is 0 Å². The lowest BCUT2D eigenvalue weighted by atomic mass is 10.1. The van der Waals surface area contributed by atoms with E-state index in [9.17, 15) is 27.7 Å². The Labute approximate surface area is 212 Å². The minimum Gasteiger partial charge on any atom is -0.478 e. The average Bonchev–Trinajstić information content (AvgIpc) is 3.23. The van der Waals surface area contributed by atoms with Crippen LogP contribution in [0.1, 0.15) is 16.7 Å². The molecule has 12 heteroatoms. The van der Waals surface area contributed by atoms with Gasteiger partial charge in [0, 0.05) is 48.4 Å². The van der Waals surface area contributed by atoms with Crippen LogP contribution in [-0.2, 0) is 26.2 Å². The Kier molecular flexibility index (Phi) is 10.4. The molecule has 2 aromatic heterocycles. The number of aliphatic carboxylic acids is 2. The quantitative estimate of drug-likeness (QED) is 0.356. The van der Waals surface area contributed by atoms with E-state index in [4.69, 9.17) is 10.2 Å². The highest BCUT2D eigenvalue weighted by Gasteiger charge is 2.25. The highest BCUT2D eigenvalue weighted by molar-refractivity contribution is 7.90. The fourth-order valence-corrected chi connectivity index (χ4v) is 4.37. The van der Waals surface area contributed by atoms with E-state index in [1.165, 1.54) is 30.5 Å². The summed E-state index contributed by atoms with van der Waals surface area (Å²) in [5.74, 6) is -3.43. The maximum absolute atomic E-state index is 14.5. The molecule has 0 aliphatic carbocycles. The summed E-state index contributed by atoms with van der Waals surface area (Å²) in [6.45, 7) is 0.276. The zero-order valence-corrected chi connectivity index (χ0v) is 20.4. The number of hydrogen-bond donors (Lipinski definition) is 3. The van der Waals surface area contributed by atoms with Gasteiger partial charge in [-0.25, -0.2) is 26.4 Å². The van der Waals surface area contributed by atoms with Crippen LogP contribution in [0.4, 0.5) is 4.39 Å². The average molecular weight is 527 g/mol. The molecule has 3 rings (SSSR count). The summed E-state index contributed by atoms with van der Waals surface area (Å²) in [6.07, 6.45) is 8.89. The van der Waals surface area contributed by atoms with Gasteiger partial charge in [0.2, 0.25) is 10.0 Å². The van der Waals surface area contributed by atoms with E-state index in [0.717, 1.165) is 9.54 Å². The second-order valence-electron chi connectivity index (χ2n) is 7.27. The van der Waals surface area contributed by atoms with Crippen molar-refractivity contribution < 1.29 is 32.6 Å². The highest BCUT2D eigenvalue weighted by atomic mass is 32.2. The zero-order chi connectivity index (χ0) is 27.4. The second-order valence-corrected chi connectivity index (χ2v) is 9.16. The lowest BCUT2D eigenvalue weighted by Crippen LogP contribution is -2.16. The van der Waals surface area contributed by atoms with Gasteiger partial charge in [-0.2, -0.15) is 5.26 Å². The van der Waals surface area contributed by atoms with Gasteiger partial charge in [-0.3, -0.25) is 4.98 Å². The number of pyridine rings is 1. The maximum atomic E-state index is 14.5. The standard InChI is InChI=1S/C21H19FN4O2S.C4H4O4/c1-24-14-17-15-26(21(19(17)12-23)18-8-2-3-9-20(18)22)29(27,28)11-5-7-16-6-4-10-25-13-16;5-3(6)1-2-4(7)8/h2-10,13,15,24H,11,14H2,1H3;1-2H,(H,5,6)(H,7,8)/b;2-1+. The van der Waals surface area contributed by atoms with Crippen molar-refractivity contribution >= 4 is 28.0 Å². The molecule has 3 N–H and O–H groups in total. The number of hydrogen-bond acceptors (Lipinski definition) is 7. The van der Waals surface area contributed by atoms with Crippen LogP contribution in [0.25, 0.3) is 17.3 Å². The van der Waals surface area contributed by atoms with Gasteiger partial charge in [-0.1, -0.05) is 30.4 Å². The van der Waals surface area contributed by atoms with Crippen LogP contribution in [0.5, 0.6) is 0 Å². The van der Waals surface area contributed by atoms with Crippen LogP contribution in [0.2, 0.25) is 0 Å². The number of rotatable bonds is 9. The second kappa shape index (κ2) is 13.5. The number of nitrogens with zero attached hydrogens (tertiary/aromatic N) is 3. The van der Waals surface area contributed by atoms with Crippen LogP contribution < -0.4 is 5.32 Å². The van der Waals surface area contributed by atoms with Crippen molar-refractivity contribution in [2.24, 2.45) is 0 Å². The Balaban J connectivity index is 0.000000521. The van der Waals surface area contributed by atoms with Crippen LogP contribution in [0, 0.1) is 17.1 Å². The molecule has 3 aromatic rings. The van der Waals surface area contributed by atoms with Gasteiger partial charge in [0.1, 0.15) is 11.9 Å². The minimum atomic E-state index is -3.89. The van der Waals surface area contributed by atoms with Gasteiger partial charge >= 0.3 is 11.9 Å². The number of carboxylic acid groups (broad SMARTS) is 2. The third-order valence-electron chi connectivity index (χ3n) is 4.63. The summed E-state index contributed by atoms with van der Waals surface area (Å²) in [6, 6.07) is 11.4. The van der Waals surface area contributed by atoms with E-state index >= 15 is 0 Å². The first kappa shape index (κ1) is 28.6. The van der Waals surface area contributed by atoms with Crippen LogP contribution in [0.15, 0.2) is 73.2 Å². The molecule has 0 spiro atoms. The molecule has 0 aliphatic heterocycles. The van der Waals surface area contributed by atoms with E-state index in [1.54, 1.807) is 43.7 Å². The van der Waals surface area contributed by atoms with Gasteiger partial charge in [0.05, 0.1) is 17.0 Å². The van der Waals surface area contributed by atoms with Crippen molar-refractivity contribution in [3.05, 3.63) is 95.7 Å². The van der Waals surface area contributed by atoms with Crippen LogP contribution >= 0.6 is 0 Å². The number of nitriles is 1. The number of nitrogens with one attached hydrogen (secondary N) is 1. The van der Waals surface area contributed by atoms with E-state index < -0.39 is 27.8 Å². The summed E-state index contributed by atoms with van der Waals surface area (Å²) >= 11 is 0. The van der Waals surface area contributed by atoms with Crippen LogP contribution in [-0.4, -0.2) is 52.3 Å². The number of carboxylic acids is 2. The molecule has 0 unspecified atom stereocenters. The molecule has 1 aromatic carbocycles. The molecule has 192 valence electrons. The Bertz CT molecular complexity index is 1440. The van der Waals surface area contributed by atoms with Crippen molar-refractivity contribution in [1.82, 2.24) is 14.3 Å². The van der Waals surface area contributed by atoms with E-state index in [1.807, 2.05) is 6.07 Å². The summed E-state index contributed by atoms with van der Waals surface area (Å²) < 4.78 is 41.6. The van der Waals surface area contributed by atoms with Crippen molar-refractivity contribution in [1.29, 1.82) is 5.26 Å². The molecule has 0 saturated carbocycles. The van der Waals surface area contributed by atoms with Gasteiger partial charge in [-0.05, 0) is 30.8 Å². The summed E-state index contributed by atoms with van der Waals surface area (Å²) in [4.78, 5) is 23.1. The molecule has 0 amide bonds. The zero-order valence-electron chi connectivity index (χ0n) is 19.6. The first-order valence-electron chi connectivity index (χ1n) is 10.6. The molecular formula is C25H23FN4O6S. The molecule has 0 saturated heterocycles. The first-order valence-corrected chi connectivity index (χ1v) is 12.2. The summed E-state index contributed by atoms with van der Waals surface area (Å²) in [5, 5.41) is 28.2. The highest BCUT2D eigenvalue weighted by Crippen LogP contribution is 2.31. The monoisotopic (exact) mass is 526 g/mol. The van der Waals surface area contributed by atoms with E-state index in [-0.39, 0.29) is 29.1 Å². The van der Waals surface area contributed by atoms with Crippen LogP contribution in [0.3, 0.4) is 0 Å². The Morgan fingerprint density at radius 3 is 2.38 bits per heavy atom. The Morgan fingerprint density at radius 2 is 1.84 bits per heavy atom. The normalized spacial score (nSPS) is 11.2. The van der Waals surface area contributed by atoms with E-state index in [2.05, 4.69) is 10.3 Å². The minimum absolute atomic E-state index is 0.0330. The lowest BCUT2D eigenvalue weighted by molar-refractivity contribution is -0.134. The Hall–Kier alpha value is -4.60. The summed E-state index contributed by atoms with van der Waals surface area (Å²) in [7, 11) is -2.21. The number of halogens is 1. The molecule has 0 radical (unpaired) electrons. The smallest absolute Gasteiger partial charge is 0.328 e. The fourth-order valence-electron chi connectivity index (χ4n) is 3.11. The molecular weight excluding hydrogens is 503 g/mol. The van der Waals surface area contributed by atoms with Crippen molar-refractivity contribution in [2.45, 2.75) is 6.54 Å². The lowest BCUT2D eigenvalue weighted by Gasteiger charge is -2.10. The van der Waals surface area contributed by atoms with Crippen molar-refractivity contribution in [2.75, 3.05) is 12.8 Å². The molecule has 0 atom stereocenters. The van der Waals surface area contributed by atoms with Gasteiger partial charge in [0.25, 0.3) is 0 Å². The third kappa shape index (κ3) is 8.24. The predicted octanol–water partition coefficient (Wildman–Crippen LogP) is 2.88. The van der Waals surface area contributed by atoms with Gasteiger partial charge in [0.15, 0.2) is 0 Å². The molecule has 0 fully saturated rings. The summed E-state index contributed by atoms with van der Waals surface area (Å²) in [5.41, 5.74) is 1.47. The maximum Gasteiger partial charge on any atom is 0.328 e. The number of carbonyl (C=O) groups is 2. The first-order chi connectivity index (χ1) is 17.6. The largest absolute Gasteiger partial charge is 0.478 e. The number of aromatic nitrogens is 2. The van der Waals surface area contributed by atoms with Crippen molar-refractivity contribution in [3.8, 4) is 17.3 Å². The molecule has 37 heavy (non-hydrogen) atoms. The van der Waals surface area contributed by atoms with Gasteiger partial charge < -0.3 is 15.5 Å². The SMILES string of the molecule is CNCc1cn(S(=O)(=O)CC=Cc2cccnc2)c(-c2ccccc2F)c1C#N.O=C(O)/C=C/C(=O)O.